The van der Waals surface area contributed by atoms with Crippen molar-refractivity contribution in [2.75, 3.05) is 21.3 Å². The van der Waals surface area contributed by atoms with Crippen LogP contribution in [0, 0.1) is 10.1 Å². The summed E-state index contributed by atoms with van der Waals surface area (Å²) in [5.74, 6) is 0.546. The molecule has 0 aromatic heterocycles. The summed E-state index contributed by atoms with van der Waals surface area (Å²) in [4.78, 5) is 9.85. The van der Waals surface area contributed by atoms with Crippen LogP contribution in [0.2, 0.25) is 0 Å². The number of ether oxygens (including phenoxy) is 3. The molecular formula is C11H15NO5. The van der Waals surface area contributed by atoms with Crippen LogP contribution in [0.4, 0.5) is 0 Å². The Morgan fingerprint density at radius 2 is 2.18 bits per heavy atom. The minimum Gasteiger partial charge on any atom is -0.498 e. The Kier molecular flexibility index (Phi) is 4.42. The minimum absolute atomic E-state index is 0.546. The monoisotopic (exact) mass is 241 g/mol. The number of nitro groups is 1. The number of hydrogen-bond donors (Lipinski definition) is 0. The number of methoxy groups -OCH3 is 3. The molecule has 2 unspecified atom stereocenters. The first-order valence-electron chi connectivity index (χ1n) is 4.94. The molecule has 0 aromatic carbocycles. The van der Waals surface area contributed by atoms with Gasteiger partial charge in [0.25, 0.3) is 0 Å². The molecule has 0 spiro atoms. The summed E-state index contributed by atoms with van der Waals surface area (Å²) in [7, 11) is 4.46. The SMILES string of the molecule is COC1=CC=CC(/C=C/[N+](=O)[O-])(OC)C1OC. The van der Waals surface area contributed by atoms with Gasteiger partial charge in [-0.05, 0) is 12.2 Å². The Balaban J connectivity index is 3.10. The molecule has 94 valence electrons. The molecule has 0 heterocycles. The molecular weight excluding hydrogens is 226 g/mol. The van der Waals surface area contributed by atoms with Gasteiger partial charge in [-0.3, -0.25) is 10.1 Å². The van der Waals surface area contributed by atoms with Crippen molar-refractivity contribution in [1.29, 1.82) is 0 Å². The van der Waals surface area contributed by atoms with Crippen LogP contribution in [-0.2, 0) is 14.2 Å². The summed E-state index contributed by atoms with van der Waals surface area (Å²) < 4.78 is 15.8. The van der Waals surface area contributed by atoms with Gasteiger partial charge in [0, 0.05) is 20.3 Å². The predicted octanol–water partition coefficient (Wildman–Crippen LogP) is 1.28. The number of rotatable bonds is 5. The van der Waals surface area contributed by atoms with Gasteiger partial charge in [0.15, 0.2) is 6.10 Å². The van der Waals surface area contributed by atoms with Crippen LogP contribution in [0.15, 0.2) is 36.3 Å². The van der Waals surface area contributed by atoms with Crippen LogP contribution in [0.5, 0.6) is 0 Å². The van der Waals surface area contributed by atoms with Gasteiger partial charge in [0.1, 0.15) is 11.4 Å². The van der Waals surface area contributed by atoms with Crippen LogP contribution in [-0.4, -0.2) is 38.0 Å². The zero-order valence-corrected chi connectivity index (χ0v) is 9.95. The molecule has 6 nitrogen and oxygen atoms in total. The fourth-order valence-electron chi connectivity index (χ4n) is 1.73. The summed E-state index contributed by atoms with van der Waals surface area (Å²) in [5.41, 5.74) is -1.03. The number of hydrogen-bond acceptors (Lipinski definition) is 5. The van der Waals surface area contributed by atoms with Crippen molar-refractivity contribution in [1.82, 2.24) is 0 Å². The lowest BCUT2D eigenvalue weighted by molar-refractivity contribution is -0.403. The Morgan fingerprint density at radius 3 is 2.65 bits per heavy atom. The van der Waals surface area contributed by atoms with Crippen LogP contribution in [0.3, 0.4) is 0 Å². The summed E-state index contributed by atoms with van der Waals surface area (Å²) >= 11 is 0. The van der Waals surface area contributed by atoms with Crippen LogP contribution in [0.25, 0.3) is 0 Å². The van der Waals surface area contributed by atoms with Gasteiger partial charge in [-0.2, -0.15) is 0 Å². The quantitative estimate of drug-likeness (QED) is 0.535. The molecule has 17 heavy (non-hydrogen) atoms. The highest BCUT2D eigenvalue weighted by Crippen LogP contribution is 2.31. The maximum Gasteiger partial charge on any atom is 0.233 e. The van der Waals surface area contributed by atoms with Gasteiger partial charge in [-0.25, -0.2) is 0 Å². The average Bonchev–Trinajstić information content (AvgIpc) is 2.35. The van der Waals surface area contributed by atoms with Crippen molar-refractivity contribution in [2.45, 2.75) is 11.7 Å². The van der Waals surface area contributed by atoms with Gasteiger partial charge in [0.05, 0.1) is 12.0 Å². The summed E-state index contributed by atoms with van der Waals surface area (Å²) in [6, 6.07) is 0. The Hall–Kier alpha value is -1.66. The lowest BCUT2D eigenvalue weighted by Crippen LogP contribution is -2.45. The van der Waals surface area contributed by atoms with E-state index in [2.05, 4.69) is 0 Å². The van der Waals surface area contributed by atoms with E-state index in [1.54, 1.807) is 18.2 Å². The van der Waals surface area contributed by atoms with Gasteiger partial charge in [-0.1, -0.05) is 6.08 Å². The first kappa shape index (κ1) is 13.4. The Bertz CT molecular complexity index is 374. The molecule has 0 N–H and O–H groups in total. The summed E-state index contributed by atoms with van der Waals surface area (Å²) in [6.45, 7) is 0. The highest BCUT2D eigenvalue weighted by molar-refractivity contribution is 5.32. The van der Waals surface area contributed by atoms with Crippen molar-refractivity contribution in [3.8, 4) is 0 Å². The molecule has 0 aliphatic heterocycles. The van der Waals surface area contributed by atoms with E-state index >= 15 is 0 Å². The van der Waals surface area contributed by atoms with Crippen molar-refractivity contribution in [3.05, 3.63) is 46.4 Å². The average molecular weight is 241 g/mol. The number of nitrogens with zero attached hydrogens (tertiary/aromatic N) is 1. The molecule has 0 bridgehead atoms. The molecule has 0 fully saturated rings. The normalized spacial score (nSPS) is 28.2. The third-order valence-electron chi connectivity index (χ3n) is 2.57. The summed E-state index contributed by atoms with van der Waals surface area (Å²) in [5, 5.41) is 10.4. The van der Waals surface area contributed by atoms with E-state index in [0.717, 1.165) is 6.20 Å². The zero-order chi connectivity index (χ0) is 12.9. The highest BCUT2D eigenvalue weighted by atomic mass is 16.6. The topological polar surface area (TPSA) is 70.8 Å². The lowest BCUT2D eigenvalue weighted by Gasteiger charge is -2.35. The molecule has 0 saturated carbocycles. The molecule has 2 atom stereocenters. The third-order valence-corrected chi connectivity index (χ3v) is 2.57. The van der Waals surface area contributed by atoms with Crippen molar-refractivity contribution >= 4 is 0 Å². The van der Waals surface area contributed by atoms with Gasteiger partial charge >= 0.3 is 0 Å². The first-order chi connectivity index (χ1) is 8.09. The zero-order valence-electron chi connectivity index (χ0n) is 9.95. The minimum atomic E-state index is -1.03. The molecule has 0 amide bonds. The molecule has 1 aliphatic carbocycles. The second-order valence-corrected chi connectivity index (χ2v) is 3.41. The molecule has 1 aliphatic rings. The van der Waals surface area contributed by atoms with E-state index in [4.69, 9.17) is 14.2 Å². The van der Waals surface area contributed by atoms with E-state index < -0.39 is 16.6 Å². The van der Waals surface area contributed by atoms with Gasteiger partial charge < -0.3 is 14.2 Å². The fraction of sp³-hybridized carbons (Fsp3) is 0.455. The fourth-order valence-corrected chi connectivity index (χ4v) is 1.73. The van der Waals surface area contributed by atoms with Gasteiger partial charge in [0.2, 0.25) is 6.20 Å². The summed E-state index contributed by atoms with van der Waals surface area (Å²) in [6.07, 6.45) is 6.73. The van der Waals surface area contributed by atoms with Crippen molar-refractivity contribution in [3.63, 3.8) is 0 Å². The van der Waals surface area contributed by atoms with Crippen LogP contribution < -0.4 is 0 Å². The van der Waals surface area contributed by atoms with Crippen molar-refractivity contribution < 1.29 is 19.1 Å². The largest absolute Gasteiger partial charge is 0.498 e. The predicted molar refractivity (Wildman–Crippen MR) is 60.9 cm³/mol. The maximum atomic E-state index is 10.4. The van der Waals surface area contributed by atoms with Gasteiger partial charge in [-0.15, -0.1) is 0 Å². The van der Waals surface area contributed by atoms with E-state index in [1.165, 1.54) is 27.4 Å². The molecule has 0 aromatic rings. The lowest BCUT2D eigenvalue weighted by atomic mass is 9.90. The van der Waals surface area contributed by atoms with E-state index in [9.17, 15) is 10.1 Å². The maximum absolute atomic E-state index is 10.4. The Labute approximate surface area is 99.3 Å². The molecule has 1 rings (SSSR count). The second kappa shape index (κ2) is 5.60. The van der Waals surface area contributed by atoms with E-state index in [0.29, 0.717) is 5.76 Å². The smallest absolute Gasteiger partial charge is 0.233 e. The molecule has 0 saturated heterocycles. The third kappa shape index (κ3) is 2.72. The van der Waals surface area contributed by atoms with Crippen molar-refractivity contribution in [2.24, 2.45) is 0 Å². The van der Waals surface area contributed by atoms with Crippen LogP contribution in [0.1, 0.15) is 0 Å². The molecule has 6 heteroatoms. The first-order valence-corrected chi connectivity index (χ1v) is 4.94. The number of allylic oxidation sites excluding steroid dienone is 2. The second-order valence-electron chi connectivity index (χ2n) is 3.41. The highest BCUT2D eigenvalue weighted by Gasteiger charge is 2.40. The van der Waals surface area contributed by atoms with Crippen LogP contribution >= 0.6 is 0 Å². The van der Waals surface area contributed by atoms with E-state index in [-0.39, 0.29) is 0 Å². The Morgan fingerprint density at radius 1 is 1.47 bits per heavy atom. The standard InChI is InChI=1S/C11H15NO5/c1-15-9-5-4-6-11(17-3,10(9)16-2)7-8-12(13)14/h4-8,10H,1-3H3/b8-7+. The van der Waals surface area contributed by atoms with E-state index in [1.807, 2.05) is 0 Å². The molecule has 0 radical (unpaired) electrons.